The molecule has 0 saturated heterocycles. The van der Waals surface area contributed by atoms with Crippen LogP contribution in [0.25, 0.3) is 5.65 Å². The molecule has 0 bridgehead atoms. The number of pyridine rings is 1. The molecule has 0 spiro atoms. The zero-order chi connectivity index (χ0) is 21.1. The van der Waals surface area contributed by atoms with E-state index in [9.17, 15) is 19.1 Å². The number of rotatable bonds is 5. The zero-order valence-corrected chi connectivity index (χ0v) is 16.3. The second-order valence-electron chi connectivity index (χ2n) is 7.53. The molecule has 1 aliphatic carbocycles. The number of hydrogen-bond acceptors (Lipinski definition) is 4. The Morgan fingerprint density at radius 3 is 2.83 bits per heavy atom. The number of hydrogen-bond donors (Lipinski definition) is 3. The molecule has 1 aromatic carbocycles. The van der Waals surface area contributed by atoms with Crippen molar-refractivity contribution < 1.29 is 19.1 Å². The molecule has 30 heavy (non-hydrogen) atoms. The highest BCUT2D eigenvalue weighted by atomic mass is 19.1. The Bertz CT molecular complexity index is 1080. The van der Waals surface area contributed by atoms with Crippen molar-refractivity contribution in [1.29, 1.82) is 0 Å². The fourth-order valence-corrected chi connectivity index (χ4v) is 3.92. The Morgan fingerprint density at radius 2 is 2.00 bits per heavy atom. The number of halogens is 1. The molecule has 2 amide bonds. The van der Waals surface area contributed by atoms with Crippen LogP contribution in [0.5, 0.6) is 0 Å². The molecule has 3 N–H and O–H groups in total. The monoisotopic (exact) mass is 410 g/mol. The number of benzene rings is 1. The van der Waals surface area contributed by atoms with Gasteiger partial charge < -0.3 is 15.7 Å². The number of imidazole rings is 1. The number of carbonyl (C=O) groups excluding carboxylic acids is 2. The molecule has 0 radical (unpaired) electrons. The van der Waals surface area contributed by atoms with E-state index in [0.717, 1.165) is 31.7 Å². The van der Waals surface area contributed by atoms with Crippen LogP contribution in [0.4, 0.5) is 10.1 Å². The molecule has 2 atom stereocenters. The van der Waals surface area contributed by atoms with Crippen molar-refractivity contribution >= 4 is 23.1 Å². The van der Waals surface area contributed by atoms with Crippen LogP contribution in [-0.4, -0.2) is 39.0 Å². The fraction of sp³-hybridized carbons (Fsp3) is 0.318. The summed E-state index contributed by atoms with van der Waals surface area (Å²) >= 11 is 0. The van der Waals surface area contributed by atoms with Crippen molar-refractivity contribution in [2.45, 2.75) is 31.7 Å². The van der Waals surface area contributed by atoms with Gasteiger partial charge in [-0.1, -0.05) is 18.9 Å². The molecule has 7 nitrogen and oxygen atoms in total. The molecule has 0 aliphatic heterocycles. The summed E-state index contributed by atoms with van der Waals surface area (Å²) in [5, 5.41) is 15.0. The molecule has 4 rings (SSSR count). The van der Waals surface area contributed by atoms with E-state index in [-0.39, 0.29) is 41.4 Å². The van der Waals surface area contributed by atoms with Crippen LogP contribution >= 0.6 is 0 Å². The third-order valence-electron chi connectivity index (χ3n) is 5.59. The topological polar surface area (TPSA) is 95.7 Å². The van der Waals surface area contributed by atoms with Crippen LogP contribution in [0.1, 0.15) is 46.5 Å². The summed E-state index contributed by atoms with van der Waals surface area (Å²) < 4.78 is 15.9. The van der Waals surface area contributed by atoms with Gasteiger partial charge >= 0.3 is 0 Å². The van der Waals surface area contributed by atoms with E-state index in [4.69, 9.17) is 0 Å². The third-order valence-corrected chi connectivity index (χ3v) is 5.59. The fourth-order valence-electron chi connectivity index (χ4n) is 3.92. The highest BCUT2D eigenvalue weighted by Gasteiger charge is 2.26. The molecular weight excluding hydrogens is 387 g/mol. The lowest BCUT2D eigenvalue weighted by atomic mass is 9.85. The molecule has 1 aliphatic rings. The lowest BCUT2D eigenvalue weighted by molar-refractivity contribution is 0.0872. The predicted octanol–water partition coefficient (Wildman–Crippen LogP) is 3.01. The SMILES string of the molecule is O=C(N[C@@H]1CCCC[C@H]1CO)c1ccc(F)c(NC(=O)c2cnc3ccccn23)c1. The lowest BCUT2D eigenvalue weighted by Gasteiger charge is -2.30. The van der Waals surface area contributed by atoms with Crippen molar-refractivity contribution in [3.63, 3.8) is 0 Å². The summed E-state index contributed by atoms with van der Waals surface area (Å²) in [5.74, 6) is -1.50. The first kappa shape index (κ1) is 20.0. The van der Waals surface area contributed by atoms with Gasteiger partial charge in [0.1, 0.15) is 17.2 Å². The van der Waals surface area contributed by atoms with E-state index in [1.165, 1.54) is 18.3 Å². The van der Waals surface area contributed by atoms with E-state index < -0.39 is 11.7 Å². The van der Waals surface area contributed by atoms with Gasteiger partial charge in [-0.25, -0.2) is 9.37 Å². The Hall–Kier alpha value is -3.26. The van der Waals surface area contributed by atoms with Gasteiger partial charge in [-0.15, -0.1) is 0 Å². The molecule has 8 heteroatoms. The van der Waals surface area contributed by atoms with Crippen molar-refractivity contribution in [3.05, 3.63) is 65.9 Å². The van der Waals surface area contributed by atoms with Crippen molar-refractivity contribution in [3.8, 4) is 0 Å². The Kier molecular flexibility index (Phi) is 5.76. The summed E-state index contributed by atoms with van der Waals surface area (Å²) in [4.78, 5) is 29.5. The first-order valence-corrected chi connectivity index (χ1v) is 10.0. The number of carbonyl (C=O) groups is 2. The second kappa shape index (κ2) is 8.62. The summed E-state index contributed by atoms with van der Waals surface area (Å²) in [6.45, 7) is 0.0228. The number of aliphatic hydroxyl groups excluding tert-OH is 1. The van der Waals surface area contributed by atoms with Gasteiger partial charge in [0.05, 0.1) is 11.9 Å². The van der Waals surface area contributed by atoms with E-state index in [1.54, 1.807) is 28.8 Å². The number of aliphatic hydroxyl groups is 1. The Morgan fingerprint density at radius 1 is 1.17 bits per heavy atom. The van der Waals surface area contributed by atoms with Gasteiger partial charge in [0.25, 0.3) is 11.8 Å². The smallest absolute Gasteiger partial charge is 0.274 e. The van der Waals surface area contributed by atoms with E-state index in [0.29, 0.717) is 5.65 Å². The number of anilines is 1. The molecule has 0 unspecified atom stereocenters. The number of aromatic nitrogens is 2. The molecule has 2 heterocycles. The Labute approximate surface area is 172 Å². The van der Waals surface area contributed by atoms with Gasteiger partial charge in [-0.05, 0) is 43.2 Å². The summed E-state index contributed by atoms with van der Waals surface area (Å²) in [7, 11) is 0. The van der Waals surface area contributed by atoms with Crippen LogP contribution < -0.4 is 10.6 Å². The van der Waals surface area contributed by atoms with Gasteiger partial charge in [-0.2, -0.15) is 0 Å². The first-order valence-electron chi connectivity index (χ1n) is 10.0. The standard InChI is InChI=1S/C22H23FN4O3/c23-16-9-8-14(21(29)25-17-6-2-1-5-15(17)13-28)11-18(16)26-22(30)19-12-24-20-7-3-4-10-27(19)20/h3-4,7-12,15,17,28H,1-2,5-6,13H2,(H,25,29)(H,26,30)/t15-,17+/m0/s1. The minimum absolute atomic E-state index is 0.0228. The van der Waals surface area contributed by atoms with Crippen molar-refractivity contribution in [1.82, 2.24) is 14.7 Å². The van der Waals surface area contributed by atoms with E-state index in [1.807, 2.05) is 0 Å². The minimum Gasteiger partial charge on any atom is -0.396 e. The van der Waals surface area contributed by atoms with E-state index >= 15 is 0 Å². The maximum Gasteiger partial charge on any atom is 0.274 e. The molecule has 1 saturated carbocycles. The summed E-state index contributed by atoms with van der Waals surface area (Å²) in [6, 6.07) is 9.07. The van der Waals surface area contributed by atoms with Crippen LogP contribution in [0.3, 0.4) is 0 Å². The predicted molar refractivity (Wildman–Crippen MR) is 110 cm³/mol. The maximum absolute atomic E-state index is 14.3. The van der Waals surface area contributed by atoms with Crippen molar-refractivity contribution in [2.24, 2.45) is 5.92 Å². The highest BCUT2D eigenvalue weighted by Crippen LogP contribution is 2.25. The summed E-state index contributed by atoms with van der Waals surface area (Å²) in [5.41, 5.74) is 1.02. The van der Waals surface area contributed by atoms with Gasteiger partial charge in [0.15, 0.2) is 0 Å². The normalized spacial score (nSPS) is 18.9. The molecule has 1 fully saturated rings. The largest absolute Gasteiger partial charge is 0.396 e. The van der Waals surface area contributed by atoms with Crippen LogP contribution in [0.2, 0.25) is 0 Å². The Balaban J connectivity index is 1.51. The third kappa shape index (κ3) is 4.04. The number of amides is 2. The van der Waals surface area contributed by atoms with E-state index in [2.05, 4.69) is 15.6 Å². The summed E-state index contributed by atoms with van der Waals surface area (Å²) in [6.07, 6.45) is 6.80. The average molecular weight is 410 g/mol. The van der Waals surface area contributed by atoms with Crippen LogP contribution in [0.15, 0.2) is 48.8 Å². The minimum atomic E-state index is -0.639. The molecule has 156 valence electrons. The van der Waals surface area contributed by atoms with Gasteiger partial charge in [0, 0.05) is 30.3 Å². The maximum atomic E-state index is 14.3. The molecular formula is C22H23FN4O3. The van der Waals surface area contributed by atoms with Gasteiger partial charge in [-0.3, -0.25) is 14.0 Å². The lowest BCUT2D eigenvalue weighted by Crippen LogP contribution is -2.43. The van der Waals surface area contributed by atoms with Crippen LogP contribution in [-0.2, 0) is 0 Å². The number of fused-ring (bicyclic) bond motifs is 1. The second-order valence-corrected chi connectivity index (χ2v) is 7.53. The number of nitrogens with one attached hydrogen (secondary N) is 2. The number of nitrogens with zero attached hydrogens (tertiary/aromatic N) is 2. The van der Waals surface area contributed by atoms with Crippen LogP contribution in [0, 0.1) is 11.7 Å². The van der Waals surface area contributed by atoms with Crippen molar-refractivity contribution in [2.75, 3.05) is 11.9 Å². The van der Waals surface area contributed by atoms with Gasteiger partial charge in [0.2, 0.25) is 0 Å². The molecule has 2 aromatic heterocycles. The first-order chi connectivity index (χ1) is 14.6. The zero-order valence-electron chi connectivity index (χ0n) is 16.3. The molecule has 3 aromatic rings. The average Bonchev–Trinajstić information content (AvgIpc) is 3.20. The highest BCUT2D eigenvalue weighted by molar-refractivity contribution is 6.04. The quantitative estimate of drug-likeness (QED) is 0.603.